The summed E-state index contributed by atoms with van der Waals surface area (Å²) in [7, 11) is 0. The number of hydrogen-bond acceptors (Lipinski definition) is 5. The molecule has 1 aliphatic rings. The second-order valence-corrected chi connectivity index (χ2v) is 16.4. The standard InChI is InChI=1S/C33H29Cl6F2N3O6/c1-31(2,3)22-19(40)12-20(41)26(44(29(47)48)30(49)50-32(4,5)6)25(22)43-27(45)15-11-14(7-8-16(15)34)42-28(46)23-21(33(23,38)39)13-9-17(35)24(37)18(36)10-13/h7-12,21,23H,1-6H3,(H,42,46)(H,43,45)(H,47,48)/t21-,23+/m0/s1. The van der Waals surface area contributed by atoms with Gasteiger partial charge in [0.1, 0.15) is 21.4 Å². The van der Waals surface area contributed by atoms with Gasteiger partial charge in [-0.1, -0.05) is 67.2 Å². The average molecular weight is 814 g/mol. The molecule has 0 saturated heterocycles. The van der Waals surface area contributed by atoms with Crippen LogP contribution in [0.15, 0.2) is 36.4 Å². The minimum absolute atomic E-state index is 0.0501. The van der Waals surface area contributed by atoms with Gasteiger partial charge in [0.05, 0.1) is 37.3 Å². The van der Waals surface area contributed by atoms with Crippen molar-refractivity contribution in [3.8, 4) is 0 Å². The summed E-state index contributed by atoms with van der Waals surface area (Å²) in [4.78, 5) is 52.4. The first kappa shape index (κ1) is 39.7. The third-order valence-electron chi connectivity index (χ3n) is 7.36. The van der Waals surface area contributed by atoms with Gasteiger partial charge < -0.3 is 20.5 Å². The van der Waals surface area contributed by atoms with Crippen molar-refractivity contribution in [1.29, 1.82) is 0 Å². The smallest absolute Gasteiger partial charge is 0.424 e. The van der Waals surface area contributed by atoms with Crippen LogP contribution in [0.3, 0.4) is 0 Å². The van der Waals surface area contributed by atoms with Crippen molar-refractivity contribution in [2.24, 2.45) is 5.92 Å². The molecule has 0 aliphatic heterocycles. The number of anilines is 3. The summed E-state index contributed by atoms with van der Waals surface area (Å²) in [6.45, 7) is 8.93. The van der Waals surface area contributed by atoms with E-state index in [0.29, 0.717) is 11.6 Å². The Labute approximate surface area is 316 Å². The Hall–Kier alpha value is -3.06. The number of amides is 4. The summed E-state index contributed by atoms with van der Waals surface area (Å²) < 4.78 is 34.6. The third kappa shape index (κ3) is 8.19. The molecular weight excluding hydrogens is 785 g/mol. The van der Waals surface area contributed by atoms with E-state index in [2.05, 4.69) is 10.6 Å². The lowest BCUT2D eigenvalue weighted by molar-refractivity contribution is -0.117. The van der Waals surface area contributed by atoms with Gasteiger partial charge in [-0.15, -0.1) is 23.2 Å². The Morgan fingerprint density at radius 2 is 1.44 bits per heavy atom. The van der Waals surface area contributed by atoms with Gasteiger partial charge in [0.15, 0.2) is 5.82 Å². The minimum atomic E-state index is -1.97. The zero-order valence-electron chi connectivity index (χ0n) is 27.1. The zero-order valence-corrected chi connectivity index (χ0v) is 31.6. The van der Waals surface area contributed by atoms with Gasteiger partial charge in [-0.25, -0.2) is 18.4 Å². The molecule has 268 valence electrons. The number of imide groups is 1. The third-order valence-corrected chi connectivity index (χ3v) is 9.83. The first-order valence-electron chi connectivity index (χ1n) is 14.6. The predicted octanol–water partition coefficient (Wildman–Crippen LogP) is 11.1. The molecule has 3 aromatic carbocycles. The van der Waals surface area contributed by atoms with Crippen molar-refractivity contribution in [3.63, 3.8) is 0 Å². The Kier molecular flexibility index (Phi) is 11.3. The summed E-state index contributed by atoms with van der Waals surface area (Å²) in [6, 6.07) is 7.19. The second kappa shape index (κ2) is 14.2. The van der Waals surface area contributed by atoms with Crippen molar-refractivity contribution in [1.82, 2.24) is 0 Å². The number of halogens is 8. The Bertz CT molecular complexity index is 1910. The van der Waals surface area contributed by atoms with Crippen LogP contribution in [0.2, 0.25) is 20.1 Å². The number of carbonyl (C=O) groups excluding carboxylic acids is 3. The van der Waals surface area contributed by atoms with Crippen molar-refractivity contribution in [2.75, 3.05) is 15.5 Å². The van der Waals surface area contributed by atoms with E-state index in [1.807, 2.05) is 0 Å². The number of ether oxygens (including phenoxy) is 1. The SMILES string of the molecule is CC(C)(C)OC(=O)N(C(=O)O)c1c(F)cc(F)c(C(C)(C)C)c1NC(=O)c1cc(NC(=O)[C@H]2[C@H](c3cc(Cl)c(Cl)c(Cl)c3)C2(Cl)Cl)ccc1Cl. The van der Waals surface area contributed by atoms with Gasteiger partial charge in [0, 0.05) is 23.2 Å². The molecule has 3 aromatic rings. The van der Waals surface area contributed by atoms with E-state index in [4.69, 9.17) is 74.3 Å². The van der Waals surface area contributed by atoms with E-state index in [-0.39, 0.29) is 41.8 Å². The number of carboxylic acid groups (broad SMARTS) is 1. The van der Waals surface area contributed by atoms with Gasteiger partial charge >= 0.3 is 12.2 Å². The van der Waals surface area contributed by atoms with Gasteiger partial charge in [-0.2, -0.15) is 4.90 Å². The molecule has 17 heteroatoms. The number of nitrogens with zero attached hydrogens (tertiary/aromatic N) is 1. The maximum Gasteiger partial charge on any atom is 0.424 e. The molecule has 1 aliphatic carbocycles. The van der Waals surface area contributed by atoms with Crippen LogP contribution in [-0.2, 0) is 14.9 Å². The predicted molar refractivity (Wildman–Crippen MR) is 192 cm³/mol. The molecule has 0 radical (unpaired) electrons. The number of benzene rings is 3. The molecule has 1 saturated carbocycles. The molecule has 0 unspecified atom stereocenters. The minimum Gasteiger partial charge on any atom is -0.464 e. The molecule has 0 bridgehead atoms. The normalized spacial score (nSPS) is 16.8. The highest BCUT2D eigenvalue weighted by Crippen LogP contribution is 2.65. The van der Waals surface area contributed by atoms with Gasteiger partial charge in [-0.05, 0) is 62.1 Å². The van der Waals surface area contributed by atoms with Crippen LogP contribution >= 0.6 is 69.6 Å². The molecule has 0 spiro atoms. The van der Waals surface area contributed by atoms with Crippen molar-refractivity contribution in [2.45, 2.75) is 62.8 Å². The maximum atomic E-state index is 15.6. The molecule has 4 rings (SSSR count). The highest BCUT2D eigenvalue weighted by atomic mass is 35.5. The second-order valence-electron chi connectivity index (χ2n) is 13.4. The molecule has 0 aromatic heterocycles. The number of nitrogens with one attached hydrogen (secondary N) is 2. The summed E-state index contributed by atoms with van der Waals surface area (Å²) in [6.07, 6.45) is -3.48. The molecule has 3 N–H and O–H groups in total. The van der Waals surface area contributed by atoms with E-state index < -0.39 is 74.2 Å². The first-order chi connectivity index (χ1) is 22.9. The van der Waals surface area contributed by atoms with Crippen molar-refractivity contribution in [3.05, 3.63) is 84.8 Å². The van der Waals surface area contributed by atoms with Crippen LogP contribution in [0.5, 0.6) is 0 Å². The number of carbonyl (C=O) groups is 4. The van der Waals surface area contributed by atoms with Crippen LogP contribution in [-0.4, -0.2) is 39.0 Å². The quantitative estimate of drug-likeness (QED) is 0.168. The molecule has 1 fully saturated rings. The number of rotatable bonds is 6. The summed E-state index contributed by atoms with van der Waals surface area (Å²) in [5.74, 6) is -6.06. The van der Waals surface area contributed by atoms with Crippen molar-refractivity contribution < 1.29 is 37.8 Å². The van der Waals surface area contributed by atoms with Crippen molar-refractivity contribution >= 4 is 111 Å². The van der Waals surface area contributed by atoms with E-state index in [1.54, 1.807) is 0 Å². The molecule has 9 nitrogen and oxygen atoms in total. The maximum absolute atomic E-state index is 15.6. The summed E-state index contributed by atoms with van der Waals surface area (Å²) in [5, 5.41) is 15.2. The van der Waals surface area contributed by atoms with Crippen LogP contribution < -0.4 is 15.5 Å². The van der Waals surface area contributed by atoms with Gasteiger partial charge in [0.2, 0.25) is 5.91 Å². The van der Waals surface area contributed by atoms with E-state index in [9.17, 15) is 24.3 Å². The molecule has 0 heterocycles. The largest absolute Gasteiger partial charge is 0.464 e. The Morgan fingerprint density at radius 1 is 0.860 bits per heavy atom. The topological polar surface area (TPSA) is 125 Å². The summed E-state index contributed by atoms with van der Waals surface area (Å²) >= 11 is 37.6. The van der Waals surface area contributed by atoms with E-state index >= 15 is 8.78 Å². The fourth-order valence-corrected chi connectivity index (χ4v) is 6.90. The van der Waals surface area contributed by atoms with Crippen LogP contribution in [0.25, 0.3) is 0 Å². The lowest BCUT2D eigenvalue weighted by Gasteiger charge is -2.30. The zero-order chi connectivity index (χ0) is 37.8. The van der Waals surface area contributed by atoms with E-state index in [1.165, 1.54) is 71.9 Å². The Balaban J connectivity index is 1.72. The van der Waals surface area contributed by atoms with Crippen LogP contribution in [0.1, 0.15) is 68.9 Å². The highest BCUT2D eigenvalue weighted by molar-refractivity contribution is 6.54. The molecular formula is C33H29Cl6F2N3O6. The number of alkyl halides is 2. The lowest BCUT2D eigenvalue weighted by atomic mass is 9.84. The fourth-order valence-electron chi connectivity index (χ4n) is 5.26. The monoisotopic (exact) mass is 811 g/mol. The summed E-state index contributed by atoms with van der Waals surface area (Å²) in [5.41, 5.74) is -4.18. The molecule has 2 atom stereocenters. The number of hydrogen-bond donors (Lipinski definition) is 3. The average Bonchev–Trinajstić information content (AvgIpc) is 3.53. The Morgan fingerprint density at radius 3 is 1.96 bits per heavy atom. The fraction of sp³-hybridized carbons (Fsp3) is 0.333. The van der Waals surface area contributed by atoms with Gasteiger partial charge in [0.25, 0.3) is 5.91 Å². The lowest BCUT2D eigenvalue weighted by Crippen LogP contribution is -2.41. The van der Waals surface area contributed by atoms with E-state index in [0.717, 1.165) is 0 Å². The molecule has 50 heavy (non-hydrogen) atoms. The molecule has 4 amide bonds. The van der Waals surface area contributed by atoms with Crippen LogP contribution in [0.4, 0.5) is 35.4 Å². The highest BCUT2D eigenvalue weighted by Gasteiger charge is 2.67. The van der Waals surface area contributed by atoms with Crippen LogP contribution in [0, 0.1) is 17.6 Å². The van der Waals surface area contributed by atoms with Gasteiger partial charge in [-0.3, -0.25) is 9.59 Å². The first-order valence-corrected chi connectivity index (χ1v) is 16.9.